The van der Waals surface area contributed by atoms with Crippen LogP contribution in [0.15, 0.2) is 43.0 Å². The van der Waals surface area contributed by atoms with Crippen LogP contribution in [0.4, 0.5) is 13.2 Å². The molecule has 0 bridgehead atoms. The van der Waals surface area contributed by atoms with Crippen molar-refractivity contribution in [2.75, 3.05) is 6.54 Å². The maximum Gasteiger partial charge on any atom is 0.416 e. The van der Waals surface area contributed by atoms with E-state index < -0.39 is 17.8 Å². The number of aromatic nitrogens is 2. The van der Waals surface area contributed by atoms with Gasteiger partial charge in [-0.3, -0.25) is 9.97 Å². The first-order valence-electron chi connectivity index (χ1n) is 6.65. The van der Waals surface area contributed by atoms with Crippen LogP contribution in [0, 0.1) is 0 Å². The molecule has 1 N–H and O–H groups in total. The van der Waals surface area contributed by atoms with Crippen LogP contribution in [0.5, 0.6) is 0 Å². The number of hydrogen-bond donors (Lipinski definition) is 1. The molecule has 6 heteroatoms. The number of nitrogens with one attached hydrogen (secondary N) is 1. The second kappa shape index (κ2) is 6.67. The molecular weight excluding hydrogens is 279 g/mol. The zero-order valence-corrected chi connectivity index (χ0v) is 11.6. The van der Waals surface area contributed by atoms with Crippen LogP contribution < -0.4 is 5.32 Å². The third-order valence-corrected chi connectivity index (χ3v) is 3.15. The monoisotopic (exact) mass is 295 g/mol. The van der Waals surface area contributed by atoms with E-state index in [1.807, 2.05) is 13.0 Å². The van der Waals surface area contributed by atoms with Gasteiger partial charge in [-0.25, -0.2) is 0 Å². The number of alkyl halides is 3. The van der Waals surface area contributed by atoms with Gasteiger partial charge in [0.15, 0.2) is 0 Å². The molecule has 0 saturated heterocycles. The van der Waals surface area contributed by atoms with Crippen LogP contribution in [-0.4, -0.2) is 16.5 Å². The normalized spacial score (nSPS) is 13.1. The van der Waals surface area contributed by atoms with E-state index in [9.17, 15) is 13.2 Å². The number of nitrogens with zero attached hydrogens (tertiary/aromatic N) is 2. The summed E-state index contributed by atoms with van der Waals surface area (Å²) in [6.07, 6.45) is 1.79. The lowest BCUT2D eigenvalue weighted by Crippen LogP contribution is -2.26. The van der Waals surface area contributed by atoms with E-state index in [0.29, 0.717) is 13.0 Å². The SMILES string of the molecule is CCNC(Cc1cccnc1)c1cnccc1C(F)(F)F. The summed E-state index contributed by atoms with van der Waals surface area (Å²) in [5.74, 6) is 0. The highest BCUT2D eigenvalue weighted by Crippen LogP contribution is 2.34. The lowest BCUT2D eigenvalue weighted by molar-refractivity contribution is -0.138. The molecule has 112 valence electrons. The Balaban J connectivity index is 2.35. The number of likely N-dealkylation sites (N-methyl/N-ethyl adjacent to an activating group) is 1. The predicted molar refractivity (Wildman–Crippen MR) is 73.6 cm³/mol. The van der Waals surface area contributed by atoms with E-state index in [-0.39, 0.29) is 5.56 Å². The molecule has 0 amide bonds. The Morgan fingerprint density at radius 1 is 1.14 bits per heavy atom. The van der Waals surface area contributed by atoms with Crippen molar-refractivity contribution in [2.45, 2.75) is 25.6 Å². The van der Waals surface area contributed by atoms with Crippen molar-refractivity contribution in [1.82, 2.24) is 15.3 Å². The van der Waals surface area contributed by atoms with Crippen molar-refractivity contribution >= 4 is 0 Å². The lowest BCUT2D eigenvalue weighted by Gasteiger charge is -2.22. The van der Waals surface area contributed by atoms with Gasteiger partial charge in [-0.2, -0.15) is 13.2 Å². The predicted octanol–water partition coefficient (Wildman–Crippen LogP) is 3.39. The van der Waals surface area contributed by atoms with Crippen LogP contribution in [-0.2, 0) is 12.6 Å². The summed E-state index contributed by atoms with van der Waals surface area (Å²) in [7, 11) is 0. The van der Waals surface area contributed by atoms with Crippen molar-refractivity contribution in [2.24, 2.45) is 0 Å². The van der Waals surface area contributed by atoms with Gasteiger partial charge in [0, 0.05) is 30.8 Å². The van der Waals surface area contributed by atoms with Gasteiger partial charge < -0.3 is 5.32 Å². The standard InChI is InChI=1S/C15H16F3N3/c1-2-21-14(8-11-4-3-6-19-9-11)12-10-20-7-5-13(12)15(16,17)18/h3-7,9-10,14,21H,2,8H2,1H3. The van der Waals surface area contributed by atoms with Crippen LogP contribution in [0.2, 0.25) is 0 Å². The Kier molecular flexibility index (Phi) is 4.90. The van der Waals surface area contributed by atoms with Crippen LogP contribution in [0.25, 0.3) is 0 Å². The summed E-state index contributed by atoms with van der Waals surface area (Å²) >= 11 is 0. The molecule has 0 fully saturated rings. The molecule has 3 nitrogen and oxygen atoms in total. The second-order valence-corrected chi connectivity index (χ2v) is 4.64. The van der Waals surface area contributed by atoms with E-state index >= 15 is 0 Å². The Hall–Kier alpha value is -1.95. The smallest absolute Gasteiger partial charge is 0.310 e. The number of hydrogen-bond acceptors (Lipinski definition) is 3. The molecule has 0 aliphatic carbocycles. The summed E-state index contributed by atoms with van der Waals surface area (Å²) < 4.78 is 39.4. The lowest BCUT2D eigenvalue weighted by atomic mass is 9.97. The molecule has 0 radical (unpaired) electrons. The first-order valence-corrected chi connectivity index (χ1v) is 6.65. The fourth-order valence-corrected chi connectivity index (χ4v) is 2.24. The van der Waals surface area contributed by atoms with Crippen molar-refractivity contribution < 1.29 is 13.2 Å². The molecular formula is C15H16F3N3. The van der Waals surface area contributed by atoms with Gasteiger partial charge in [0.25, 0.3) is 0 Å². The molecule has 2 heterocycles. The molecule has 2 rings (SSSR count). The highest BCUT2D eigenvalue weighted by Gasteiger charge is 2.35. The maximum absolute atomic E-state index is 13.1. The molecule has 0 saturated carbocycles. The highest BCUT2D eigenvalue weighted by molar-refractivity contribution is 5.30. The van der Waals surface area contributed by atoms with Crippen LogP contribution in [0.1, 0.15) is 29.7 Å². The number of pyridine rings is 2. The zero-order chi connectivity index (χ0) is 15.3. The van der Waals surface area contributed by atoms with E-state index in [0.717, 1.165) is 11.6 Å². The largest absolute Gasteiger partial charge is 0.416 e. The zero-order valence-electron chi connectivity index (χ0n) is 11.6. The Labute approximate surface area is 121 Å². The van der Waals surface area contributed by atoms with Crippen molar-refractivity contribution in [1.29, 1.82) is 0 Å². The van der Waals surface area contributed by atoms with Gasteiger partial charge in [-0.1, -0.05) is 13.0 Å². The van der Waals surface area contributed by atoms with Gasteiger partial charge in [-0.05, 0) is 36.2 Å². The van der Waals surface area contributed by atoms with Gasteiger partial charge in [0.1, 0.15) is 0 Å². The Bertz CT molecular complexity index is 570. The van der Waals surface area contributed by atoms with Crippen molar-refractivity contribution in [3.63, 3.8) is 0 Å². The first kappa shape index (κ1) is 15.4. The maximum atomic E-state index is 13.1. The van der Waals surface area contributed by atoms with E-state index in [4.69, 9.17) is 0 Å². The minimum absolute atomic E-state index is 0.163. The van der Waals surface area contributed by atoms with Gasteiger partial charge >= 0.3 is 6.18 Å². The molecule has 2 aromatic heterocycles. The number of rotatable bonds is 5. The van der Waals surface area contributed by atoms with Gasteiger partial charge in [-0.15, -0.1) is 0 Å². The van der Waals surface area contributed by atoms with E-state index in [2.05, 4.69) is 15.3 Å². The minimum atomic E-state index is -4.39. The molecule has 0 spiro atoms. The van der Waals surface area contributed by atoms with Crippen molar-refractivity contribution in [3.05, 3.63) is 59.7 Å². The third-order valence-electron chi connectivity index (χ3n) is 3.15. The summed E-state index contributed by atoms with van der Waals surface area (Å²) in [5.41, 5.74) is 0.392. The number of halogens is 3. The average molecular weight is 295 g/mol. The average Bonchev–Trinajstić information content (AvgIpc) is 2.47. The quantitative estimate of drug-likeness (QED) is 0.919. The molecule has 1 atom stereocenters. The third kappa shape index (κ3) is 4.01. The van der Waals surface area contributed by atoms with Crippen LogP contribution >= 0.6 is 0 Å². The summed E-state index contributed by atoms with van der Waals surface area (Å²) in [4.78, 5) is 7.85. The molecule has 1 unspecified atom stereocenters. The molecule has 21 heavy (non-hydrogen) atoms. The van der Waals surface area contributed by atoms with Gasteiger partial charge in [0.2, 0.25) is 0 Å². The van der Waals surface area contributed by atoms with Crippen LogP contribution in [0.3, 0.4) is 0 Å². The minimum Gasteiger partial charge on any atom is -0.310 e. The Morgan fingerprint density at radius 2 is 1.90 bits per heavy atom. The Morgan fingerprint density at radius 3 is 2.52 bits per heavy atom. The van der Waals surface area contributed by atoms with Crippen molar-refractivity contribution in [3.8, 4) is 0 Å². The molecule has 0 aliphatic rings. The summed E-state index contributed by atoms with van der Waals surface area (Å²) in [6.45, 7) is 2.43. The second-order valence-electron chi connectivity index (χ2n) is 4.64. The fourth-order valence-electron chi connectivity index (χ4n) is 2.24. The van der Waals surface area contributed by atoms with E-state index in [1.54, 1.807) is 18.5 Å². The topological polar surface area (TPSA) is 37.8 Å². The fraction of sp³-hybridized carbons (Fsp3) is 0.333. The molecule has 0 aromatic carbocycles. The highest BCUT2D eigenvalue weighted by atomic mass is 19.4. The molecule has 0 aliphatic heterocycles. The molecule has 2 aromatic rings. The summed E-state index contributed by atoms with van der Waals surface area (Å²) in [6, 6.07) is 4.18. The van der Waals surface area contributed by atoms with Gasteiger partial charge in [0.05, 0.1) is 5.56 Å². The summed E-state index contributed by atoms with van der Waals surface area (Å²) in [5, 5.41) is 3.09. The first-order chi connectivity index (χ1) is 10.0. The van der Waals surface area contributed by atoms with E-state index in [1.165, 1.54) is 12.4 Å².